The Kier molecular flexibility index (Phi) is 4.35. The fourth-order valence-corrected chi connectivity index (χ4v) is 8.16. The van der Waals surface area contributed by atoms with Crippen LogP contribution in [0.3, 0.4) is 0 Å². The standard InChI is InChI=1S/C25H30N2O2S/c1-12(2)19-15-8-9-16(19)21-20(15)22(28)27(23(21)29)24-17(11-26)14-7-6-13(25(3,4)5)10-18(14)30-24/h13,15-16,20-21H,6-10H2,1-5H3/t13-,15+,16+,20-,21-/m1/s1. The molecular weight excluding hydrogens is 392 g/mol. The lowest BCUT2D eigenvalue weighted by atomic mass is 9.72. The number of amides is 2. The number of thiophene rings is 1. The van der Waals surface area contributed by atoms with Crippen LogP contribution in [-0.4, -0.2) is 11.8 Å². The van der Waals surface area contributed by atoms with E-state index in [0.29, 0.717) is 16.5 Å². The van der Waals surface area contributed by atoms with Crippen molar-refractivity contribution in [3.05, 3.63) is 27.2 Å². The Labute approximate surface area is 182 Å². The average molecular weight is 423 g/mol. The van der Waals surface area contributed by atoms with E-state index >= 15 is 0 Å². The molecule has 5 heteroatoms. The van der Waals surface area contributed by atoms with Gasteiger partial charge in [-0.1, -0.05) is 31.9 Å². The highest BCUT2D eigenvalue weighted by molar-refractivity contribution is 7.17. The first-order chi connectivity index (χ1) is 14.1. The zero-order valence-electron chi connectivity index (χ0n) is 18.5. The number of hydrogen-bond donors (Lipinski definition) is 0. The summed E-state index contributed by atoms with van der Waals surface area (Å²) in [5.41, 5.74) is 4.53. The molecule has 0 spiro atoms. The summed E-state index contributed by atoms with van der Waals surface area (Å²) in [6, 6.07) is 2.36. The maximum Gasteiger partial charge on any atom is 0.239 e. The van der Waals surface area contributed by atoms with Crippen LogP contribution in [0.2, 0.25) is 0 Å². The van der Waals surface area contributed by atoms with Gasteiger partial charge in [0.25, 0.3) is 0 Å². The minimum Gasteiger partial charge on any atom is -0.274 e. The van der Waals surface area contributed by atoms with Crippen LogP contribution < -0.4 is 4.90 Å². The van der Waals surface area contributed by atoms with E-state index in [1.165, 1.54) is 32.3 Å². The summed E-state index contributed by atoms with van der Waals surface area (Å²) >= 11 is 1.53. The van der Waals surface area contributed by atoms with Crippen LogP contribution in [0.5, 0.6) is 0 Å². The van der Waals surface area contributed by atoms with Crippen molar-refractivity contribution in [2.45, 2.75) is 66.7 Å². The lowest BCUT2D eigenvalue weighted by Gasteiger charge is -2.33. The molecule has 2 amide bonds. The van der Waals surface area contributed by atoms with Crippen molar-refractivity contribution < 1.29 is 9.59 Å². The topological polar surface area (TPSA) is 61.2 Å². The molecule has 1 aliphatic heterocycles. The quantitative estimate of drug-likeness (QED) is 0.458. The molecule has 1 aromatic heterocycles. The molecule has 2 bridgehead atoms. The van der Waals surface area contributed by atoms with Crippen LogP contribution in [0.1, 0.15) is 69.9 Å². The van der Waals surface area contributed by atoms with Crippen LogP contribution in [0.15, 0.2) is 11.1 Å². The second-order valence-electron chi connectivity index (χ2n) is 10.9. The zero-order valence-corrected chi connectivity index (χ0v) is 19.4. The highest BCUT2D eigenvalue weighted by atomic mass is 32.1. The van der Waals surface area contributed by atoms with E-state index in [0.717, 1.165) is 37.7 Å². The molecule has 3 aliphatic carbocycles. The Morgan fingerprint density at radius 1 is 1.07 bits per heavy atom. The number of imide groups is 1. The highest BCUT2D eigenvalue weighted by Gasteiger charge is 2.64. The molecule has 0 unspecified atom stereocenters. The van der Waals surface area contributed by atoms with E-state index < -0.39 is 0 Å². The Morgan fingerprint density at radius 3 is 2.17 bits per heavy atom. The van der Waals surface area contributed by atoms with E-state index in [2.05, 4.69) is 40.7 Å². The number of hydrogen-bond acceptors (Lipinski definition) is 4. The van der Waals surface area contributed by atoms with Gasteiger partial charge in [-0.15, -0.1) is 11.3 Å². The smallest absolute Gasteiger partial charge is 0.239 e. The second-order valence-corrected chi connectivity index (χ2v) is 12.0. The number of carbonyl (C=O) groups excluding carboxylic acids is 2. The Balaban J connectivity index is 1.54. The van der Waals surface area contributed by atoms with E-state index in [4.69, 9.17) is 0 Å². The van der Waals surface area contributed by atoms with Crippen LogP contribution >= 0.6 is 11.3 Å². The number of anilines is 1. The van der Waals surface area contributed by atoms with Gasteiger partial charge < -0.3 is 0 Å². The fourth-order valence-electron chi connectivity index (χ4n) is 6.78. The molecule has 0 radical (unpaired) electrons. The summed E-state index contributed by atoms with van der Waals surface area (Å²) in [7, 11) is 0. The lowest BCUT2D eigenvalue weighted by molar-refractivity contribution is -0.122. The molecule has 2 saturated carbocycles. The molecule has 0 N–H and O–H groups in total. The number of nitrogens with zero attached hydrogens (tertiary/aromatic N) is 2. The molecule has 1 saturated heterocycles. The highest BCUT2D eigenvalue weighted by Crippen LogP contribution is 2.61. The van der Waals surface area contributed by atoms with Crippen molar-refractivity contribution in [3.8, 4) is 6.07 Å². The van der Waals surface area contributed by atoms with Crippen molar-refractivity contribution in [1.29, 1.82) is 5.26 Å². The minimum absolute atomic E-state index is 0.0570. The monoisotopic (exact) mass is 422 g/mol. The number of carbonyl (C=O) groups is 2. The normalized spacial score (nSPS) is 32.5. The van der Waals surface area contributed by atoms with Crippen molar-refractivity contribution in [1.82, 2.24) is 0 Å². The third kappa shape index (κ3) is 2.56. The summed E-state index contributed by atoms with van der Waals surface area (Å²) in [6.45, 7) is 11.0. The van der Waals surface area contributed by atoms with Gasteiger partial charge in [-0.05, 0) is 74.7 Å². The van der Waals surface area contributed by atoms with Gasteiger partial charge in [0.1, 0.15) is 11.1 Å². The van der Waals surface area contributed by atoms with E-state index in [1.54, 1.807) is 0 Å². The molecule has 30 heavy (non-hydrogen) atoms. The molecule has 0 aromatic carbocycles. The molecular formula is C25H30N2O2S. The molecule has 158 valence electrons. The van der Waals surface area contributed by atoms with E-state index in [1.807, 2.05) is 0 Å². The van der Waals surface area contributed by atoms with Gasteiger partial charge in [-0.2, -0.15) is 5.26 Å². The molecule has 3 fully saturated rings. The molecule has 5 rings (SSSR count). The molecule has 1 aromatic rings. The summed E-state index contributed by atoms with van der Waals surface area (Å²) in [5.74, 6) is 0.456. The number of fused-ring (bicyclic) bond motifs is 6. The molecule has 2 heterocycles. The molecule has 4 aliphatic rings. The fraction of sp³-hybridized carbons (Fsp3) is 0.640. The van der Waals surface area contributed by atoms with Crippen molar-refractivity contribution in [2.75, 3.05) is 4.90 Å². The van der Waals surface area contributed by atoms with E-state index in [-0.39, 0.29) is 40.9 Å². The van der Waals surface area contributed by atoms with Crippen LogP contribution in [-0.2, 0) is 22.4 Å². The predicted molar refractivity (Wildman–Crippen MR) is 118 cm³/mol. The van der Waals surface area contributed by atoms with Gasteiger partial charge >= 0.3 is 0 Å². The number of allylic oxidation sites excluding steroid dienone is 2. The maximum atomic E-state index is 13.5. The molecule has 5 atom stereocenters. The third-order valence-electron chi connectivity index (χ3n) is 8.22. The second kappa shape index (κ2) is 6.53. The van der Waals surface area contributed by atoms with Gasteiger partial charge in [0.2, 0.25) is 11.8 Å². The van der Waals surface area contributed by atoms with Crippen LogP contribution in [0.4, 0.5) is 5.00 Å². The van der Waals surface area contributed by atoms with Gasteiger partial charge in [0.05, 0.1) is 17.4 Å². The number of nitriles is 1. The van der Waals surface area contributed by atoms with Gasteiger partial charge in [0, 0.05) is 4.88 Å². The summed E-state index contributed by atoms with van der Waals surface area (Å²) in [6.07, 6.45) is 4.89. The summed E-state index contributed by atoms with van der Waals surface area (Å²) in [4.78, 5) is 29.7. The summed E-state index contributed by atoms with van der Waals surface area (Å²) < 4.78 is 0. The first-order valence-corrected chi connectivity index (χ1v) is 12.1. The lowest BCUT2D eigenvalue weighted by Crippen LogP contribution is -2.33. The third-order valence-corrected chi connectivity index (χ3v) is 9.46. The first kappa shape index (κ1) is 20.0. The van der Waals surface area contributed by atoms with Crippen molar-refractivity contribution in [3.63, 3.8) is 0 Å². The van der Waals surface area contributed by atoms with Crippen molar-refractivity contribution >= 4 is 28.2 Å². The Bertz CT molecular complexity index is 999. The Hall–Kier alpha value is -1.93. The SMILES string of the molecule is CC(C)=C1[C@@H]2CC[C@@H]1[C@H]1C(=O)N(c3sc4c(c3C#N)CC[C@@H](C(C)(C)C)C4)C(=O)[C@@H]12. The molecule has 4 nitrogen and oxygen atoms in total. The number of rotatable bonds is 1. The Morgan fingerprint density at radius 2 is 1.67 bits per heavy atom. The van der Waals surface area contributed by atoms with Gasteiger partial charge in [0.15, 0.2) is 0 Å². The minimum atomic E-state index is -0.214. The van der Waals surface area contributed by atoms with E-state index in [9.17, 15) is 14.9 Å². The largest absolute Gasteiger partial charge is 0.274 e. The van der Waals surface area contributed by atoms with Crippen LogP contribution in [0, 0.1) is 46.3 Å². The van der Waals surface area contributed by atoms with Gasteiger partial charge in [-0.3, -0.25) is 9.59 Å². The maximum absolute atomic E-state index is 13.5. The van der Waals surface area contributed by atoms with Crippen LogP contribution in [0.25, 0.3) is 0 Å². The predicted octanol–water partition coefficient (Wildman–Crippen LogP) is 5.25. The first-order valence-electron chi connectivity index (χ1n) is 11.2. The van der Waals surface area contributed by atoms with Gasteiger partial charge in [-0.25, -0.2) is 4.90 Å². The van der Waals surface area contributed by atoms with Crippen molar-refractivity contribution in [2.24, 2.45) is 35.0 Å². The zero-order chi connectivity index (χ0) is 21.5. The summed E-state index contributed by atoms with van der Waals surface area (Å²) in [5, 5.41) is 10.6. The average Bonchev–Trinajstić information content (AvgIpc) is 3.39.